The molecule has 4 heterocycles. The van der Waals surface area contributed by atoms with Crippen LogP contribution in [0.15, 0.2) is 24.3 Å². The van der Waals surface area contributed by atoms with Crippen LogP contribution in [-0.4, -0.2) is 27.5 Å². The maximum absolute atomic E-state index is 2.79. The predicted molar refractivity (Wildman–Crippen MR) is 214 cm³/mol. The molecule has 0 fully saturated rings. The van der Waals surface area contributed by atoms with E-state index in [4.69, 9.17) is 0 Å². The summed E-state index contributed by atoms with van der Waals surface area (Å²) in [6, 6.07) is 10.3. The molecule has 46 heavy (non-hydrogen) atoms. The molecule has 0 aliphatic carbocycles. The first-order valence-corrected chi connectivity index (χ1v) is 27.6. The van der Waals surface area contributed by atoms with E-state index in [-0.39, 0.29) is 0 Å². The summed E-state index contributed by atoms with van der Waals surface area (Å²) in [5.74, 6) is 1.18. The van der Waals surface area contributed by atoms with Gasteiger partial charge in [0.25, 0.3) is 0 Å². The van der Waals surface area contributed by atoms with E-state index in [1.807, 2.05) is 14.2 Å². The van der Waals surface area contributed by atoms with Crippen LogP contribution in [0.5, 0.6) is 0 Å². The molecular formula is C41H58N2S2Sn. The van der Waals surface area contributed by atoms with Crippen molar-refractivity contribution in [1.82, 2.24) is 9.13 Å². The zero-order valence-corrected chi connectivity index (χ0v) is 34.9. The molecule has 0 bridgehead atoms. The molecule has 0 saturated heterocycles. The number of rotatable bonds is 14. The van der Waals surface area contributed by atoms with Gasteiger partial charge in [0.15, 0.2) is 0 Å². The summed E-state index contributed by atoms with van der Waals surface area (Å²) in [7, 11) is 0. The Balaban J connectivity index is 1.70. The minimum atomic E-state index is -2.56. The molecule has 2 nitrogen and oxygen atoms in total. The molecule has 2 aromatic carbocycles. The molecule has 0 N–H and O–H groups in total. The van der Waals surface area contributed by atoms with Crippen LogP contribution in [0, 0.1) is 32.6 Å². The fourth-order valence-electron chi connectivity index (χ4n) is 8.44. The number of hydrogen-bond acceptors (Lipinski definition) is 2. The van der Waals surface area contributed by atoms with Gasteiger partial charge in [0.1, 0.15) is 0 Å². The summed E-state index contributed by atoms with van der Waals surface area (Å²) in [6.45, 7) is 25.9. The summed E-state index contributed by atoms with van der Waals surface area (Å²) in [4.78, 5) is 1.41. The fraction of sp³-hybridized carbons (Fsp3) is 0.561. The second-order valence-corrected chi connectivity index (χ2v) is 31.9. The van der Waals surface area contributed by atoms with Crippen LogP contribution < -0.4 is 2.89 Å². The van der Waals surface area contributed by atoms with Crippen LogP contribution in [0.2, 0.25) is 13.3 Å². The molecule has 4 aromatic heterocycles. The molecule has 6 rings (SSSR count). The minimum absolute atomic E-state index is 0.590. The average molecular weight is 762 g/mol. The Morgan fingerprint density at radius 2 is 1.04 bits per heavy atom. The van der Waals surface area contributed by atoms with Crippen molar-refractivity contribution in [3.8, 4) is 0 Å². The predicted octanol–water partition coefficient (Wildman–Crippen LogP) is 13.5. The normalized spacial score (nSPS) is 13.0. The fourth-order valence-corrected chi connectivity index (χ4v) is 29.9. The Hall–Kier alpha value is -1.50. The van der Waals surface area contributed by atoms with Crippen LogP contribution in [0.4, 0.5) is 0 Å². The second-order valence-electron chi connectivity index (χ2n) is 15.4. The van der Waals surface area contributed by atoms with Gasteiger partial charge < -0.3 is 0 Å². The number of aryl methyl sites for hydroxylation is 3. The van der Waals surface area contributed by atoms with Crippen LogP contribution in [-0.2, 0) is 13.1 Å². The molecule has 0 unspecified atom stereocenters. The van der Waals surface area contributed by atoms with Gasteiger partial charge in [-0.05, 0) is 6.92 Å². The number of benzene rings is 2. The van der Waals surface area contributed by atoms with E-state index in [2.05, 4.69) is 114 Å². The van der Waals surface area contributed by atoms with E-state index < -0.39 is 18.4 Å². The van der Waals surface area contributed by atoms with Crippen molar-refractivity contribution in [3.05, 3.63) is 40.3 Å². The second kappa shape index (κ2) is 13.8. The number of thiophene rings is 2. The number of aromatic nitrogens is 2. The van der Waals surface area contributed by atoms with Gasteiger partial charge >= 0.3 is 285 Å². The molecule has 0 amide bonds. The SMILES string of the molecule is CCC[CH2][Sn]([CH2]CCC)([CH2]CCC)[c]1cc2c(s1)c1c(C)cc3c(cc(C)c4c5sc(C)cc5n(CC(C)C)c34)c1n2CC(C)C. The standard InChI is InChI=1S/C29H31N2S2.3C4H9.Sn/c1-15(2)13-30-22-8-9-32-28(22)24-17(5)10-21-20(26(24)30)11-18(6)25-27(21)31(14-16(3)4)23-12-19(7)33-29(23)25;3*1-3-4-2;/h8,10-12,15-16H,13-14H2,1-7H3;3*1,3-4H2,2H3;. The van der Waals surface area contributed by atoms with Crippen LogP contribution >= 0.6 is 22.7 Å². The Kier molecular flexibility index (Phi) is 10.3. The van der Waals surface area contributed by atoms with Crippen molar-refractivity contribution in [2.75, 3.05) is 0 Å². The van der Waals surface area contributed by atoms with Crippen molar-refractivity contribution in [2.24, 2.45) is 11.8 Å². The Morgan fingerprint density at radius 3 is 1.48 bits per heavy atom. The van der Waals surface area contributed by atoms with Crippen molar-refractivity contribution in [3.63, 3.8) is 0 Å². The maximum atomic E-state index is 2.79. The number of hydrogen-bond donors (Lipinski definition) is 0. The van der Waals surface area contributed by atoms with Crippen LogP contribution in [0.1, 0.15) is 103 Å². The van der Waals surface area contributed by atoms with E-state index in [0.29, 0.717) is 11.8 Å². The van der Waals surface area contributed by atoms with Gasteiger partial charge in [-0.15, -0.1) is 0 Å². The van der Waals surface area contributed by atoms with Crippen LogP contribution in [0.3, 0.4) is 0 Å². The summed E-state index contributed by atoms with van der Waals surface area (Å²) < 4.78 is 15.0. The van der Waals surface area contributed by atoms with Gasteiger partial charge in [-0.1, -0.05) is 0 Å². The molecule has 0 aliphatic rings. The third-order valence-electron chi connectivity index (χ3n) is 10.6. The summed E-state index contributed by atoms with van der Waals surface area (Å²) in [5.41, 5.74) is 8.81. The number of fused-ring (bicyclic) bond motifs is 9. The van der Waals surface area contributed by atoms with Gasteiger partial charge in [-0.3, -0.25) is 0 Å². The van der Waals surface area contributed by atoms with E-state index in [9.17, 15) is 0 Å². The van der Waals surface area contributed by atoms with E-state index in [0.717, 1.165) is 13.1 Å². The summed E-state index contributed by atoms with van der Waals surface area (Å²) >= 11 is 1.67. The monoisotopic (exact) mass is 762 g/mol. The van der Waals surface area contributed by atoms with Crippen molar-refractivity contribution >= 4 is 97.0 Å². The molecule has 5 heteroatoms. The zero-order chi connectivity index (χ0) is 32.9. The van der Waals surface area contributed by atoms with Crippen molar-refractivity contribution in [1.29, 1.82) is 0 Å². The Labute approximate surface area is 290 Å². The molecule has 0 atom stereocenters. The summed E-state index contributed by atoms with van der Waals surface area (Å²) in [6.07, 6.45) is 8.26. The molecule has 0 spiro atoms. The van der Waals surface area contributed by atoms with Crippen molar-refractivity contribution < 1.29 is 0 Å². The third kappa shape index (κ3) is 5.89. The Morgan fingerprint density at radius 1 is 0.609 bits per heavy atom. The van der Waals surface area contributed by atoms with E-state index >= 15 is 0 Å². The first kappa shape index (κ1) is 34.4. The number of unbranched alkanes of at least 4 members (excludes halogenated alkanes) is 3. The molecule has 0 aliphatic heterocycles. The first-order chi connectivity index (χ1) is 22.0. The molecular weight excluding hydrogens is 703 g/mol. The van der Waals surface area contributed by atoms with Gasteiger partial charge in [0.05, 0.1) is 0 Å². The third-order valence-corrected chi connectivity index (χ3v) is 31.0. The molecule has 0 saturated carbocycles. The van der Waals surface area contributed by atoms with Crippen LogP contribution in [0.25, 0.3) is 53.0 Å². The Bertz CT molecular complexity index is 1990. The molecule has 0 radical (unpaired) electrons. The topological polar surface area (TPSA) is 9.86 Å². The average Bonchev–Trinajstić information content (AvgIpc) is 3.74. The summed E-state index contributed by atoms with van der Waals surface area (Å²) in [5, 5.41) is 5.93. The van der Waals surface area contributed by atoms with Gasteiger partial charge in [0.2, 0.25) is 0 Å². The van der Waals surface area contributed by atoms with Gasteiger partial charge in [0, 0.05) is 0 Å². The number of nitrogens with zero attached hydrogens (tertiary/aromatic N) is 2. The van der Waals surface area contributed by atoms with Gasteiger partial charge in [-0.2, -0.15) is 0 Å². The molecule has 6 aromatic rings. The quantitative estimate of drug-likeness (QED) is 0.0979. The molecule has 248 valence electrons. The van der Waals surface area contributed by atoms with Crippen molar-refractivity contribution in [2.45, 2.75) is 134 Å². The zero-order valence-electron chi connectivity index (χ0n) is 30.5. The first-order valence-electron chi connectivity index (χ1n) is 18.5. The van der Waals surface area contributed by atoms with E-state index in [1.165, 1.54) is 97.5 Å². The van der Waals surface area contributed by atoms with E-state index in [1.54, 1.807) is 23.4 Å². The van der Waals surface area contributed by atoms with Gasteiger partial charge in [-0.25, -0.2) is 0 Å².